The Labute approximate surface area is 143 Å². The average Bonchev–Trinajstić information content (AvgIpc) is 2.96. The minimum absolute atomic E-state index is 0.0374. The lowest BCUT2D eigenvalue weighted by Gasteiger charge is -2.23. The predicted molar refractivity (Wildman–Crippen MR) is 91.4 cm³/mol. The molecule has 5 heteroatoms. The van der Waals surface area contributed by atoms with Crippen LogP contribution in [0.15, 0.2) is 30.3 Å². The van der Waals surface area contributed by atoms with Crippen molar-refractivity contribution in [3.8, 4) is 0 Å². The summed E-state index contributed by atoms with van der Waals surface area (Å²) in [5, 5.41) is 3.06. The Morgan fingerprint density at radius 2 is 1.96 bits per heavy atom. The van der Waals surface area contributed by atoms with Gasteiger partial charge in [-0.3, -0.25) is 9.59 Å². The first kappa shape index (κ1) is 17.0. The highest BCUT2D eigenvalue weighted by Crippen LogP contribution is 2.17. The van der Waals surface area contributed by atoms with Crippen LogP contribution in [0.1, 0.15) is 31.2 Å². The van der Waals surface area contributed by atoms with Gasteiger partial charge in [-0.15, -0.1) is 0 Å². The van der Waals surface area contributed by atoms with Crippen molar-refractivity contribution < 1.29 is 14.3 Å². The highest BCUT2D eigenvalue weighted by molar-refractivity contribution is 5.83. The standard InChI is InChI=1S/C19H26N2O3/c22-18-13-17(20-19(23)16-8-11-24-12-9-16)14-21(18)10-4-7-15-5-2-1-3-6-15/h1-3,5-6,16-17H,4,7-14H2,(H,20,23)/t17-/m0/s1. The Morgan fingerprint density at radius 1 is 1.21 bits per heavy atom. The van der Waals surface area contributed by atoms with Gasteiger partial charge in [0.2, 0.25) is 11.8 Å². The van der Waals surface area contributed by atoms with Gasteiger partial charge in [0.1, 0.15) is 0 Å². The molecule has 0 aliphatic carbocycles. The van der Waals surface area contributed by atoms with Gasteiger partial charge in [0.15, 0.2) is 0 Å². The maximum Gasteiger partial charge on any atom is 0.224 e. The molecule has 1 aromatic carbocycles. The summed E-state index contributed by atoms with van der Waals surface area (Å²) in [6.45, 7) is 2.72. The highest BCUT2D eigenvalue weighted by Gasteiger charge is 2.32. The van der Waals surface area contributed by atoms with E-state index in [1.54, 1.807) is 0 Å². The molecule has 24 heavy (non-hydrogen) atoms. The number of carbonyl (C=O) groups is 2. The first-order valence-corrected chi connectivity index (χ1v) is 8.92. The molecule has 1 atom stereocenters. The van der Waals surface area contributed by atoms with Crippen LogP contribution in [0.2, 0.25) is 0 Å². The first-order valence-electron chi connectivity index (χ1n) is 8.92. The van der Waals surface area contributed by atoms with Gasteiger partial charge >= 0.3 is 0 Å². The Balaban J connectivity index is 1.41. The lowest BCUT2D eigenvalue weighted by atomic mass is 9.99. The van der Waals surface area contributed by atoms with Crippen LogP contribution >= 0.6 is 0 Å². The van der Waals surface area contributed by atoms with Gasteiger partial charge in [0.25, 0.3) is 0 Å². The molecular formula is C19H26N2O3. The second-order valence-electron chi connectivity index (χ2n) is 6.73. The second kappa shape index (κ2) is 8.29. The molecule has 3 rings (SSSR count). The SMILES string of the molecule is O=C(N[C@H]1CC(=O)N(CCCc2ccccc2)C1)C1CCOCC1. The van der Waals surface area contributed by atoms with Gasteiger partial charge in [-0.25, -0.2) is 0 Å². The van der Waals surface area contributed by atoms with Crippen LogP contribution < -0.4 is 5.32 Å². The Hall–Kier alpha value is -1.88. The van der Waals surface area contributed by atoms with E-state index in [9.17, 15) is 9.59 Å². The van der Waals surface area contributed by atoms with E-state index in [-0.39, 0.29) is 23.8 Å². The number of nitrogens with zero attached hydrogens (tertiary/aromatic N) is 1. The van der Waals surface area contributed by atoms with Gasteiger partial charge in [-0.1, -0.05) is 30.3 Å². The van der Waals surface area contributed by atoms with Crippen molar-refractivity contribution in [2.75, 3.05) is 26.3 Å². The van der Waals surface area contributed by atoms with Crippen molar-refractivity contribution in [2.45, 2.75) is 38.1 Å². The fourth-order valence-corrected chi connectivity index (χ4v) is 3.48. The number of carbonyl (C=O) groups excluding carboxylic acids is 2. The lowest BCUT2D eigenvalue weighted by molar-refractivity contribution is -0.128. The molecule has 1 N–H and O–H groups in total. The van der Waals surface area contributed by atoms with E-state index in [0.29, 0.717) is 26.2 Å². The van der Waals surface area contributed by atoms with Gasteiger partial charge in [0, 0.05) is 38.6 Å². The van der Waals surface area contributed by atoms with Gasteiger partial charge in [0.05, 0.1) is 6.04 Å². The lowest BCUT2D eigenvalue weighted by Crippen LogP contribution is -2.42. The molecule has 0 spiro atoms. The monoisotopic (exact) mass is 330 g/mol. The maximum atomic E-state index is 12.3. The minimum atomic E-state index is -0.0374. The van der Waals surface area contributed by atoms with Crippen molar-refractivity contribution in [2.24, 2.45) is 5.92 Å². The molecule has 0 radical (unpaired) electrons. The van der Waals surface area contributed by atoms with Gasteiger partial charge in [-0.05, 0) is 31.2 Å². The summed E-state index contributed by atoms with van der Waals surface area (Å²) < 4.78 is 5.29. The summed E-state index contributed by atoms with van der Waals surface area (Å²) in [7, 11) is 0. The largest absolute Gasteiger partial charge is 0.381 e. The molecule has 1 aromatic rings. The van der Waals surface area contributed by atoms with E-state index >= 15 is 0 Å². The summed E-state index contributed by atoms with van der Waals surface area (Å²) >= 11 is 0. The quantitative estimate of drug-likeness (QED) is 0.865. The zero-order chi connectivity index (χ0) is 16.8. The van der Waals surface area contributed by atoms with Crippen molar-refractivity contribution in [1.82, 2.24) is 10.2 Å². The number of likely N-dealkylation sites (tertiary alicyclic amines) is 1. The zero-order valence-corrected chi connectivity index (χ0v) is 14.1. The summed E-state index contributed by atoms with van der Waals surface area (Å²) in [4.78, 5) is 26.3. The fraction of sp³-hybridized carbons (Fsp3) is 0.579. The maximum absolute atomic E-state index is 12.3. The summed E-state index contributed by atoms with van der Waals surface area (Å²) in [5.41, 5.74) is 1.30. The van der Waals surface area contributed by atoms with Crippen LogP contribution in [0.3, 0.4) is 0 Å². The van der Waals surface area contributed by atoms with Crippen LogP contribution in [0.25, 0.3) is 0 Å². The first-order chi connectivity index (χ1) is 11.7. The van der Waals surface area contributed by atoms with Crippen LogP contribution in [0, 0.1) is 5.92 Å². The van der Waals surface area contributed by atoms with Crippen molar-refractivity contribution in [3.63, 3.8) is 0 Å². The minimum Gasteiger partial charge on any atom is -0.381 e. The van der Waals surface area contributed by atoms with E-state index in [4.69, 9.17) is 4.74 Å². The number of nitrogens with one attached hydrogen (secondary N) is 1. The number of amides is 2. The molecular weight excluding hydrogens is 304 g/mol. The number of rotatable bonds is 6. The van der Waals surface area contributed by atoms with Crippen molar-refractivity contribution in [1.29, 1.82) is 0 Å². The van der Waals surface area contributed by atoms with Crippen LogP contribution in [-0.4, -0.2) is 49.1 Å². The highest BCUT2D eigenvalue weighted by atomic mass is 16.5. The van der Waals surface area contributed by atoms with E-state index in [0.717, 1.165) is 32.2 Å². The summed E-state index contributed by atoms with van der Waals surface area (Å²) in [5.74, 6) is 0.281. The number of hydrogen-bond acceptors (Lipinski definition) is 3. The number of hydrogen-bond donors (Lipinski definition) is 1. The third kappa shape index (κ3) is 4.57. The molecule has 2 aliphatic heterocycles. The van der Waals surface area contributed by atoms with Crippen LogP contribution in [0.4, 0.5) is 0 Å². The zero-order valence-electron chi connectivity index (χ0n) is 14.1. The average molecular weight is 330 g/mol. The molecule has 0 saturated carbocycles. The van der Waals surface area contributed by atoms with Crippen LogP contribution in [0.5, 0.6) is 0 Å². The molecule has 0 unspecified atom stereocenters. The predicted octanol–water partition coefficient (Wildman–Crippen LogP) is 1.76. The smallest absolute Gasteiger partial charge is 0.224 e. The van der Waals surface area contributed by atoms with E-state index in [2.05, 4.69) is 17.4 Å². The molecule has 5 nitrogen and oxygen atoms in total. The van der Waals surface area contributed by atoms with Gasteiger partial charge in [-0.2, -0.15) is 0 Å². The Morgan fingerprint density at radius 3 is 2.71 bits per heavy atom. The van der Waals surface area contributed by atoms with Crippen molar-refractivity contribution in [3.05, 3.63) is 35.9 Å². The normalized spacial score (nSPS) is 21.9. The third-order valence-electron chi connectivity index (χ3n) is 4.89. The topological polar surface area (TPSA) is 58.6 Å². The number of aryl methyl sites for hydroxylation is 1. The molecule has 2 aliphatic rings. The molecule has 2 heterocycles. The van der Waals surface area contributed by atoms with E-state index < -0.39 is 0 Å². The summed E-state index contributed by atoms with van der Waals surface area (Å²) in [6, 6.07) is 10.3. The Kier molecular flexibility index (Phi) is 5.86. The number of ether oxygens (including phenoxy) is 1. The summed E-state index contributed by atoms with van der Waals surface area (Å²) in [6.07, 6.45) is 3.93. The molecule has 0 bridgehead atoms. The van der Waals surface area contributed by atoms with E-state index in [1.165, 1.54) is 5.56 Å². The number of benzene rings is 1. The Bertz CT molecular complexity index is 555. The molecule has 2 saturated heterocycles. The molecule has 130 valence electrons. The molecule has 2 fully saturated rings. The van der Waals surface area contributed by atoms with Crippen LogP contribution in [-0.2, 0) is 20.7 Å². The van der Waals surface area contributed by atoms with E-state index in [1.807, 2.05) is 23.1 Å². The van der Waals surface area contributed by atoms with Crippen molar-refractivity contribution >= 4 is 11.8 Å². The molecule has 2 amide bonds. The third-order valence-corrected chi connectivity index (χ3v) is 4.89. The second-order valence-corrected chi connectivity index (χ2v) is 6.73. The molecule has 0 aromatic heterocycles. The van der Waals surface area contributed by atoms with Gasteiger partial charge < -0.3 is 15.0 Å². The fourth-order valence-electron chi connectivity index (χ4n) is 3.48.